The van der Waals surface area contributed by atoms with Crippen molar-refractivity contribution in [2.24, 2.45) is 7.05 Å². The number of nitrogens with zero attached hydrogens (tertiary/aromatic N) is 2. The van der Waals surface area contributed by atoms with Gasteiger partial charge in [-0.3, -0.25) is 4.68 Å². The Morgan fingerprint density at radius 1 is 1.41 bits per heavy atom. The van der Waals surface area contributed by atoms with Crippen LogP contribution in [0, 0.1) is 0 Å². The number of rotatable bonds is 4. The van der Waals surface area contributed by atoms with Crippen molar-refractivity contribution in [3.05, 3.63) is 40.6 Å². The van der Waals surface area contributed by atoms with Gasteiger partial charge in [0.2, 0.25) is 0 Å². The van der Waals surface area contributed by atoms with E-state index < -0.39 is 0 Å². The molecular formula is C12H14BrN3O. The highest BCUT2D eigenvalue weighted by Gasteiger charge is 2.03. The smallest absolute Gasteiger partial charge is 0.165 e. The van der Waals surface area contributed by atoms with Crippen molar-refractivity contribution in [3.8, 4) is 11.5 Å². The largest absolute Gasteiger partial charge is 0.454 e. The summed E-state index contributed by atoms with van der Waals surface area (Å²) in [5.41, 5.74) is 1.20. The highest BCUT2D eigenvalue weighted by atomic mass is 79.9. The first kappa shape index (κ1) is 12.1. The fourth-order valence-corrected chi connectivity index (χ4v) is 2.01. The molecule has 4 nitrogen and oxygen atoms in total. The summed E-state index contributed by atoms with van der Waals surface area (Å²) in [5.74, 6) is 1.53. The zero-order chi connectivity index (χ0) is 12.3. The molecule has 1 heterocycles. The average Bonchev–Trinajstić information content (AvgIpc) is 2.68. The Labute approximate surface area is 109 Å². The molecule has 0 fully saturated rings. The van der Waals surface area contributed by atoms with Crippen LogP contribution < -0.4 is 10.1 Å². The first-order valence-corrected chi connectivity index (χ1v) is 6.08. The molecule has 2 rings (SSSR count). The zero-order valence-electron chi connectivity index (χ0n) is 9.77. The first-order valence-electron chi connectivity index (χ1n) is 5.28. The topological polar surface area (TPSA) is 39.1 Å². The maximum Gasteiger partial charge on any atom is 0.165 e. The molecule has 0 radical (unpaired) electrons. The molecular weight excluding hydrogens is 282 g/mol. The normalized spacial score (nSPS) is 10.5. The SMILES string of the molecule is CNCc1ccc(Oc2cnn(C)c2)cc1Br. The van der Waals surface area contributed by atoms with Crippen molar-refractivity contribution in [3.63, 3.8) is 0 Å². The number of aromatic nitrogens is 2. The zero-order valence-corrected chi connectivity index (χ0v) is 11.4. The van der Waals surface area contributed by atoms with Crippen LogP contribution in [0.4, 0.5) is 0 Å². The molecule has 0 atom stereocenters. The predicted molar refractivity (Wildman–Crippen MR) is 70.2 cm³/mol. The van der Waals surface area contributed by atoms with Crippen LogP contribution in [0.2, 0.25) is 0 Å². The molecule has 1 aromatic heterocycles. The molecule has 0 amide bonds. The lowest BCUT2D eigenvalue weighted by molar-refractivity contribution is 0.481. The highest BCUT2D eigenvalue weighted by Crippen LogP contribution is 2.26. The number of hydrogen-bond acceptors (Lipinski definition) is 3. The average molecular weight is 296 g/mol. The van der Waals surface area contributed by atoms with E-state index in [1.54, 1.807) is 10.9 Å². The van der Waals surface area contributed by atoms with Crippen LogP contribution in [0.1, 0.15) is 5.56 Å². The predicted octanol–water partition coefficient (Wildman–Crippen LogP) is 2.69. The van der Waals surface area contributed by atoms with Gasteiger partial charge in [0.25, 0.3) is 0 Å². The van der Waals surface area contributed by atoms with E-state index in [1.807, 2.05) is 38.5 Å². The second kappa shape index (κ2) is 5.33. The summed E-state index contributed by atoms with van der Waals surface area (Å²) in [6.07, 6.45) is 3.52. The van der Waals surface area contributed by atoms with Crippen LogP contribution in [0.5, 0.6) is 11.5 Å². The third-order valence-corrected chi connectivity index (χ3v) is 3.05. The van der Waals surface area contributed by atoms with Gasteiger partial charge in [0.05, 0.1) is 12.4 Å². The number of benzene rings is 1. The molecule has 90 valence electrons. The molecule has 0 aliphatic heterocycles. The maximum absolute atomic E-state index is 5.68. The summed E-state index contributed by atoms with van der Waals surface area (Å²) in [7, 11) is 3.78. The number of aryl methyl sites for hydroxylation is 1. The Hall–Kier alpha value is -1.33. The van der Waals surface area contributed by atoms with E-state index in [0.29, 0.717) is 0 Å². The second-order valence-electron chi connectivity index (χ2n) is 3.74. The standard InChI is InChI=1S/C12H14BrN3O/c1-14-6-9-3-4-10(5-12(9)13)17-11-7-15-16(2)8-11/h3-5,7-8,14H,6H2,1-2H3. The lowest BCUT2D eigenvalue weighted by atomic mass is 10.2. The number of ether oxygens (including phenoxy) is 1. The molecule has 0 unspecified atom stereocenters. The van der Waals surface area contributed by atoms with Gasteiger partial charge in [-0.05, 0) is 24.7 Å². The second-order valence-corrected chi connectivity index (χ2v) is 4.59. The number of halogens is 1. The van der Waals surface area contributed by atoms with Gasteiger partial charge in [-0.25, -0.2) is 0 Å². The Kier molecular flexibility index (Phi) is 3.81. The van der Waals surface area contributed by atoms with E-state index >= 15 is 0 Å². The fourth-order valence-electron chi connectivity index (χ4n) is 1.51. The molecule has 5 heteroatoms. The Balaban J connectivity index is 2.14. The molecule has 0 aliphatic carbocycles. The molecule has 1 N–H and O–H groups in total. The van der Waals surface area contributed by atoms with Crippen molar-refractivity contribution in [2.75, 3.05) is 7.05 Å². The van der Waals surface area contributed by atoms with Crippen LogP contribution in [0.3, 0.4) is 0 Å². The minimum atomic E-state index is 0.737. The van der Waals surface area contributed by atoms with Gasteiger partial charge in [-0.2, -0.15) is 5.10 Å². The molecule has 1 aromatic carbocycles. The van der Waals surface area contributed by atoms with E-state index in [0.717, 1.165) is 22.5 Å². The Morgan fingerprint density at radius 3 is 2.82 bits per heavy atom. The lowest BCUT2D eigenvalue weighted by Crippen LogP contribution is -2.05. The van der Waals surface area contributed by atoms with Gasteiger partial charge in [0.1, 0.15) is 5.75 Å². The minimum absolute atomic E-state index is 0.737. The van der Waals surface area contributed by atoms with Gasteiger partial charge < -0.3 is 10.1 Å². The van der Waals surface area contributed by atoms with E-state index in [1.165, 1.54) is 5.56 Å². The molecule has 2 aromatic rings. The third kappa shape index (κ3) is 3.08. The molecule has 0 saturated carbocycles. The molecule has 0 spiro atoms. The maximum atomic E-state index is 5.68. The number of hydrogen-bond donors (Lipinski definition) is 1. The van der Waals surface area contributed by atoms with Crippen LogP contribution in [-0.4, -0.2) is 16.8 Å². The van der Waals surface area contributed by atoms with Crippen molar-refractivity contribution in [1.82, 2.24) is 15.1 Å². The van der Waals surface area contributed by atoms with Crippen LogP contribution >= 0.6 is 15.9 Å². The van der Waals surface area contributed by atoms with E-state index in [-0.39, 0.29) is 0 Å². The summed E-state index contributed by atoms with van der Waals surface area (Å²) in [6.45, 7) is 0.827. The van der Waals surface area contributed by atoms with Crippen LogP contribution in [-0.2, 0) is 13.6 Å². The fraction of sp³-hybridized carbons (Fsp3) is 0.250. The van der Waals surface area contributed by atoms with Gasteiger partial charge in [0, 0.05) is 18.1 Å². The van der Waals surface area contributed by atoms with Gasteiger partial charge in [0.15, 0.2) is 5.75 Å². The highest BCUT2D eigenvalue weighted by molar-refractivity contribution is 9.10. The van der Waals surface area contributed by atoms with E-state index in [4.69, 9.17) is 4.74 Å². The van der Waals surface area contributed by atoms with Crippen molar-refractivity contribution in [1.29, 1.82) is 0 Å². The molecule has 0 bridgehead atoms. The van der Waals surface area contributed by atoms with E-state index in [2.05, 4.69) is 26.3 Å². The van der Waals surface area contributed by atoms with Crippen molar-refractivity contribution in [2.45, 2.75) is 6.54 Å². The lowest BCUT2D eigenvalue weighted by Gasteiger charge is -2.07. The van der Waals surface area contributed by atoms with Gasteiger partial charge >= 0.3 is 0 Å². The van der Waals surface area contributed by atoms with Crippen LogP contribution in [0.15, 0.2) is 35.1 Å². The van der Waals surface area contributed by atoms with Crippen molar-refractivity contribution >= 4 is 15.9 Å². The summed E-state index contributed by atoms with van der Waals surface area (Å²) in [6, 6.07) is 5.94. The summed E-state index contributed by atoms with van der Waals surface area (Å²) in [5, 5.41) is 7.17. The summed E-state index contributed by atoms with van der Waals surface area (Å²) >= 11 is 3.53. The molecule has 0 saturated heterocycles. The number of nitrogens with one attached hydrogen (secondary N) is 1. The van der Waals surface area contributed by atoms with Crippen molar-refractivity contribution < 1.29 is 4.74 Å². The van der Waals surface area contributed by atoms with Crippen LogP contribution in [0.25, 0.3) is 0 Å². The van der Waals surface area contributed by atoms with Gasteiger partial charge in [-0.15, -0.1) is 0 Å². The van der Waals surface area contributed by atoms with Gasteiger partial charge in [-0.1, -0.05) is 22.0 Å². The minimum Gasteiger partial charge on any atom is -0.454 e. The van der Waals surface area contributed by atoms with E-state index in [9.17, 15) is 0 Å². The third-order valence-electron chi connectivity index (χ3n) is 2.31. The monoisotopic (exact) mass is 295 g/mol. The first-order chi connectivity index (χ1) is 8.19. The molecule has 0 aliphatic rings. The Morgan fingerprint density at radius 2 is 2.24 bits per heavy atom. The summed E-state index contributed by atoms with van der Waals surface area (Å²) < 4.78 is 8.42. The summed E-state index contributed by atoms with van der Waals surface area (Å²) in [4.78, 5) is 0. The quantitative estimate of drug-likeness (QED) is 0.943. The molecule has 17 heavy (non-hydrogen) atoms. The Bertz CT molecular complexity index is 510.